The lowest BCUT2D eigenvalue weighted by molar-refractivity contribution is -0.385. The molecule has 0 aliphatic heterocycles. The Kier molecular flexibility index (Phi) is 4.37. The number of hydrogen-bond acceptors (Lipinski definition) is 4. The van der Waals surface area contributed by atoms with Crippen LogP contribution in [0, 0.1) is 21.7 Å². The van der Waals surface area contributed by atoms with Crippen LogP contribution in [0.5, 0.6) is 17.2 Å². The van der Waals surface area contributed by atoms with E-state index in [4.69, 9.17) is 9.47 Å². The predicted molar refractivity (Wildman–Crippen MR) is 73.8 cm³/mol. The van der Waals surface area contributed by atoms with Crippen LogP contribution in [0.4, 0.5) is 14.5 Å². The lowest BCUT2D eigenvalue weighted by atomic mass is 10.2. The van der Waals surface area contributed by atoms with Gasteiger partial charge in [-0.1, -0.05) is 0 Å². The van der Waals surface area contributed by atoms with Gasteiger partial charge in [0.25, 0.3) is 5.69 Å². The molecule has 0 N–H and O–H groups in total. The standard InChI is InChI=1S/C13H8BrF2NO4/c1-20-12-6-8(17(18)19)5-9(14)13(12)21-11-3-2-7(15)4-10(11)16/h2-6H,1H3. The highest BCUT2D eigenvalue weighted by Crippen LogP contribution is 2.42. The van der Waals surface area contributed by atoms with Crippen molar-refractivity contribution in [3.8, 4) is 17.2 Å². The van der Waals surface area contributed by atoms with Crippen LogP contribution < -0.4 is 9.47 Å². The van der Waals surface area contributed by atoms with Gasteiger partial charge in [0.15, 0.2) is 23.1 Å². The fraction of sp³-hybridized carbons (Fsp3) is 0.0769. The van der Waals surface area contributed by atoms with Crippen LogP contribution >= 0.6 is 15.9 Å². The van der Waals surface area contributed by atoms with E-state index < -0.39 is 16.6 Å². The van der Waals surface area contributed by atoms with Crippen LogP contribution in [-0.4, -0.2) is 12.0 Å². The van der Waals surface area contributed by atoms with Crippen molar-refractivity contribution < 1.29 is 23.2 Å². The van der Waals surface area contributed by atoms with Crippen LogP contribution in [0.25, 0.3) is 0 Å². The summed E-state index contributed by atoms with van der Waals surface area (Å²) < 4.78 is 36.9. The molecule has 0 bridgehead atoms. The lowest BCUT2D eigenvalue weighted by Gasteiger charge is -2.12. The predicted octanol–water partition coefficient (Wildman–Crippen LogP) is 4.44. The molecule has 0 radical (unpaired) electrons. The summed E-state index contributed by atoms with van der Waals surface area (Å²) in [6.07, 6.45) is 0. The summed E-state index contributed by atoms with van der Waals surface area (Å²) >= 11 is 3.10. The molecule has 0 heterocycles. The average Bonchev–Trinajstić information content (AvgIpc) is 2.42. The largest absolute Gasteiger partial charge is 0.493 e. The molecule has 0 saturated heterocycles. The maximum Gasteiger partial charge on any atom is 0.274 e. The summed E-state index contributed by atoms with van der Waals surface area (Å²) in [6.45, 7) is 0. The number of non-ortho nitro benzene ring substituents is 1. The maximum atomic E-state index is 13.6. The smallest absolute Gasteiger partial charge is 0.274 e. The average molecular weight is 360 g/mol. The Labute approximate surface area is 126 Å². The van der Waals surface area contributed by atoms with Crippen molar-refractivity contribution in [2.24, 2.45) is 0 Å². The third-order valence-electron chi connectivity index (χ3n) is 2.53. The van der Waals surface area contributed by atoms with Gasteiger partial charge in [0.05, 0.1) is 22.6 Å². The summed E-state index contributed by atoms with van der Waals surface area (Å²) in [4.78, 5) is 10.2. The summed E-state index contributed by atoms with van der Waals surface area (Å²) in [6, 6.07) is 5.14. The molecule has 0 fully saturated rings. The molecular weight excluding hydrogens is 352 g/mol. The van der Waals surface area contributed by atoms with E-state index in [1.807, 2.05) is 0 Å². The molecule has 0 unspecified atom stereocenters. The van der Waals surface area contributed by atoms with Crippen molar-refractivity contribution in [1.82, 2.24) is 0 Å². The number of rotatable bonds is 4. The van der Waals surface area contributed by atoms with Crippen molar-refractivity contribution in [3.05, 3.63) is 56.6 Å². The van der Waals surface area contributed by atoms with Crippen LogP contribution in [-0.2, 0) is 0 Å². The monoisotopic (exact) mass is 359 g/mol. The molecule has 2 aromatic rings. The number of nitro groups is 1. The molecule has 5 nitrogen and oxygen atoms in total. The minimum atomic E-state index is -0.901. The number of hydrogen-bond donors (Lipinski definition) is 0. The molecular formula is C13H8BrF2NO4. The number of benzene rings is 2. The molecule has 0 aromatic heterocycles. The first kappa shape index (κ1) is 15.2. The first-order valence-corrected chi connectivity index (χ1v) is 6.36. The Morgan fingerprint density at radius 3 is 2.48 bits per heavy atom. The van der Waals surface area contributed by atoms with E-state index in [9.17, 15) is 18.9 Å². The minimum Gasteiger partial charge on any atom is -0.493 e. The number of nitrogens with zero attached hydrogens (tertiary/aromatic N) is 1. The summed E-state index contributed by atoms with van der Waals surface area (Å²) in [5, 5.41) is 10.8. The zero-order chi connectivity index (χ0) is 15.6. The van der Waals surface area contributed by atoms with Gasteiger partial charge in [-0.15, -0.1) is 0 Å². The minimum absolute atomic E-state index is 0.0415. The Hall–Kier alpha value is -2.22. The number of nitro benzene ring substituents is 1. The second kappa shape index (κ2) is 6.04. The molecule has 0 spiro atoms. The van der Waals surface area contributed by atoms with E-state index in [1.165, 1.54) is 13.2 Å². The van der Waals surface area contributed by atoms with Crippen molar-refractivity contribution in [3.63, 3.8) is 0 Å². The molecule has 21 heavy (non-hydrogen) atoms. The third-order valence-corrected chi connectivity index (χ3v) is 3.12. The van der Waals surface area contributed by atoms with Gasteiger partial charge < -0.3 is 9.47 Å². The normalized spacial score (nSPS) is 10.3. The van der Waals surface area contributed by atoms with Gasteiger partial charge in [-0.25, -0.2) is 8.78 Å². The van der Waals surface area contributed by atoms with E-state index in [0.717, 1.165) is 18.2 Å². The fourth-order valence-electron chi connectivity index (χ4n) is 1.58. The maximum absolute atomic E-state index is 13.6. The SMILES string of the molecule is COc1cc([N+](=O)[O-])cc(Br)c1Oc1ccc(F)cc1F. The van der Waals surface area contributed by atoms with E-state index >= 15 is 0 Å². The van der Waals surface area contributed by atoms with Crippen molar-refractivity contribution in [1.29, 1.82) is 0 Å². The van der Waals surface area contributed by atoms with Crippen molar-refractivity contribution in [2.75, 3.05) is 7.11 Å². The highest BCUT2D eigenvalue weighted by molar-refractivity contribution is 9.10. The molecule has 0 saturated carbocycles. The number of halogens is 3. The van der Waals surface area contributed by atoms with E-state index in [1.54, 1.807) is 0 Å². The quantitative estimate of drug-likeness (QED) is 0.598. The fourth-order valence-corrected chi connectivity index (χ4v) is 2.09. The molecule has 0 aliphatic rings. The summed E-state index contributed by atoms with van der Waals surface area (Å²) in [7, 11) is 1.29. The topological polar surface area (TPSA) is 61.6 Å². The Morgan fingerprint density at radius 1 is 1.19 bits per heavy atom. The number of methoxy groups -OCH3 is 1. The lowest BCUT2D eigenvalue weighted by Crippen LogP contribution is -1.96. The second-order valence-corrected chi connectivity index (χ2v) is 4.75. The summed E-state index contributed by atoms with van der Waals surface area (Å²) in [5.74, 6) is -1.78. The van der Waals surface area contributed by atoms with Crippen LogP contribution in [0.3, 0.4) is 0 Å². The van der Waals surface area contributed by atoms with E-state index in [-0.39, 0.29) is 27.4 Å². The van der Waals surface area contributed by atoms with Crippen LogP contribution in [0.15, 0.2) is 34.8 Å². The van der Waals surface area contributed by atoms with Crippen LogP contribution in [0.2, 0.25) is 0 Å². The van der Waals surface area contributed by atoms with Gasteiger partial charge in [-0.3, -0.25) is 10.1 Å². The summed E-state index contributed by atoms with van der Waals surface area (Å²) in [5.41, 5.74) is -0.217. The highest BCUT2D eigenvalue weighted by atomic mass is 79.9. The number of ether oxygens (including phenoxy) is 2. The van der Waals surface area contributed by atoms with Crippen molar-refractivity contribution >= 4 is 21.6 Å². The molecule has 0 amide bonds. The zero-order valence-electron chi connectivity index (χ0n) is 10.6. The molecule has 8 heteroatoms. The van der Waals surface area contributed by atoms with Gasteiger partial charge in [0, 0.05) is 12.1 Å². The Bertz CT molecular complexity index is 709. The van der Waals surface area contributed by atoms with Crippen molar-refractivity contribution in [2.45, 2.75) is 0 Å². The van der Waals surface area contributed by atoms with E-state index in [0.29, 0.717) is 6.07 Å². The molecule has 2 rings (SSSR count). The van der Waals surface area contributed by atoms with Gasteiger partial charge in [0.1, 0.15) is 5.82 Å². The first-order chi connectivity index (χ1) is 9.92. The molecule has 0 atom stereocenters. The Balaban J connectivity index is 2.46. The third kappa shape index (κ3) is 3.27. The van der Waals surface area contributed by atoms with Gasteiger partial charge in [0.2, 0.25) is 0 Å². The molecule has 0 aliphatic carbocycles. The van der Waals surface area contributed by atoms with Gasteiger partial charge in [-0.2, -0.15) is 0 Å². The van der Waals surface area contributed by atoms with Gasteiger partial charge >= 0.3 is 0 Å². The Morgan fingerprint density at radius 2 is 1.90 bits per heavy atom. The second-order valence-electron chi connectivity index (χ2n) is 3.89. The zero-order valence-corrected chi connectivity index (χ0v) is 12.2. The highest BCUT2D eigenvalue weighted by Gasteiger charge is 2.19. The van der Waals surface area contributed by atoms with Gasteiger partial charge in [-0.05, 0) is 28.1 Å². The van der Waals surface area contributed by atoms with E-state index in [2.05, 4.69) is 15.9 Å². The molecule has 2 aromatic carbocycles. The first-order valence-electron chi connectivity index (χ1n) is 5.57. The van der Waals surface area contributed by atoms with Crippen LogP contribution in [0.1, 0.15) is 0 Å². The molecule has 110 valence electrons.